The summed E-state index contributed by atoms with van der Waals surface area (Å²) in [5.74, 6) is 1.80. The summed E-state index contributed by atoms with van der Waals surface area (Å²) < 4.78 is 6.83. The average Bonchev–Trinajstić information content (AvgIpc) is 3.51. The Labute approximate surface area is 259 Å². The molecule has 0 aliphatic heterocycles. The summed E-state index contributed by atoms with van der Waals surface area (Å²) in [7, 11) is 0. The van der Waals surface area contributed by atoms with E-state index in [1.54, 1.807) is 0 Å². The van der Waals surface area contributed by atoms with Crippen molar-refractivity contribution in [3.05, 3.63) is 152 Å². The second kappa shape index (κ2) is 10.2. The number of fused-ring (bicyclic) bond motifs is 7. The molecule has 0 atom stereocenters. The number of hydrogen-bond acceptors (Lipinski definition) is 4. The van der Waals surface area contributed by atoms with Crippen LogP contribution in [0.3, 0.4) is 0 Å². The van der Waals surface area contributed by atoms with Gasteiger partial charge in [-0.25, -0.2) is 15.0 Å². The van der Waals surface area contributed by atoms with Crippen molar-refractivity contribution in [1.82, 2.24) is 15.0 Å². The minimum absolute atomic E-state index is 0.572. The Kier molecular flexibility index (Phi) is 5.78. The van der Waals surface area contributed by atoms with Crippen molar-refractivity contribution in [2.45, 2.75) is 0 Å². The Morgan fingerprint density at radius 3 is 1.78 bits per heavy atom. The van der Waals surface area contributed by atoms with E-state index in [1.165, 1.54) is 10.8 Å². The van der Waals surface area contributed by atoms with Crippen LogP contribution in [0.15, 0.2) is 156 Å². The monoisotopic (exact) mass is 575 g/mol. The summed E-state index contributed by atoms with van der Waals surface area (Å²) in [4.78, 5) is 15.1. The Morgan fingerprint density at radius 1 is 0.356 bits per heavy atom. The van der Waals surface area contributed by atoms with Crippen LogP contribution in [-0.2, 0) is 0 Å². The van der Waals surface area contributed by atoms with Crippen LogP contribution < -0.4 is 0 Å². The van der Waals surface area contributed by atoms with Crippen molar-refractivity contribution in [3.8, 4) is 45.3 Å². The standard InChI is InChI=1S/C41H25N3O/c1-3-11-26(12-4-1)30-16-9-17-31(25-30)40-42-39(29-14-5-2-6-15-29)43-41(44-40)35-20-10-19-33-34-24-23-28-22-21-27-13-7-8-18-32(27)36(28)38(34)45-37(33)35/h1-25H. The largest absolute Gasteiger partial charge is 0.455 e. The van der Waals surface area contributed by atoms with Gasteiger partial charge in [0.2, 0.25) is 0 Å². The summed E-state index contributed by atoms with van der Waals surface area (Å²) in [6.07, 6.45) is 0. The molecule has 0 radical (unpaired) electrons. The van der Waals surface area contributed by atoms with Crippen LogP contribution in [0.25, 0.3) is 88.8 Å². The van der Waals surface area contributed by atoms with E-state index >= 15 is 0 Å². The minimum atomic E-state index is 0.572. The number of para-hydroxylation sites is 1. The van der Waals surface area contributed by atoms with E-state index in [0.29, 0.717) is 17.5 Å². The Balaban J connectivity index is 1.29. The fourth-order valence-electron chi connectivity index (χ4n) is 6.33. The van der Waals surface area contributed by atoms with Gasteiger partial charge in [-0.3, -0.25) is 0 Å². The molecule has 0 spiro atoms. The maximum atomic E-state index is 6.83. The lowest BCUT2D eigenvalue weighted by Gasteiger charge is -2.10. The molecule has 9 rings (SSSR count). The van der Waals surface area contributed by atoms with Gasteiger partial charge in [-0.05, 0) is 45.5 Å². The highest BCUT2D eigenvalue weighted by molar-refractivity contribution is 6.23. The number of nitrogens with zero attached hydrogens (tertiary/aromatic N) is 3. The van der Waals surface area contributed by atoms with Gasteiger partial charge < -0.3 is 4.42 Å². The number of furan rings is 1. The molecular weight excluding hydrogens is 550 g/mol. The molecule has 2 heterocycles. The molecule has 7 aromatic carbocycles. The lowest BCUT2D eigenvalue weighted by Crippen LogP contribution is -2.00. The third-order valence-corrected chi connectivity index (χ3v) is 8.51. The SMILES string of the molecule is c1ccc(-c2cccc(-c3nc(-c4ccccc4)nc(-c4cccc5c4oc4c5ccc5ccc6ccccc6c54)n3)c2)cc1. The zero-order chi connectivity index (χ0) is 29.7. The normalized spacial score (nSPS) is 11.6. The highest BCUT2D eigenvalue weighted by atomic mass is 16.3. The van der Waals surface area contributed by atoms with Gasteiger partial charge in [0.1, 0.15) is 11.2 Å². The van der Waals surface area contributed by atoms with Gasteiger partial charge in [0.25, 0.3) is 0 Å². The van der Waals surface area contributed by atoms with E-state index in [-0.39, 0.29) is 0 Å². The summed E-state index contributed by atoms with van der Waals surface area (Å²) in [6.45, 7) is 0. The van der Waals surface area contributed by atoms with Gasteiger partial charge in [-0.1, -0.05) is 133 Å². The molecule has 45 heavy (non-hydrogen) atoms. The van der Waals surface area contributed by atoms with Crippen molar-refractivity contribution in [1.29, 1.82) is 0 Å². The van der Waals surface area contributed by atoms with Crippen molar-refractivity contribution in [3.63, 3.8) is 0 Å². The van der Waals surface area contributed by atoms with Gasteiger partial charge in [0.05, 0.1) is 5.56 Å². The van der Waals surface area contributed by atoms with E-state index in [1.807, 2.05) is 42.5 Å². The Hall–Kier alpha value is -6.13. The van der Waals surface area contributed by atoms with Gasteiger partial charge in [0, 0.05) is 27.3 Å². The highest BCUT2D eigenvalue weighted by Gasteiger charge is 2.19. The van der Waals surface area contributed by atoms with Crippen molar-refractivity contribution >= 4 is 43.5 Å². The zero-order valence-corrected chi connectivity index (χ0v) is 24.2. The van der Waals surface area contributed by atoms with Crippen molar-refractivity contribution in [2.24, 2.45) is 0 Å². The molecule has 0 N–H and O–H groups in total. The predicted octanol–water partition coefficient (Wildman–Crippen LogP) is 10.7. The molecule has 0 saturated heterocycles. The molecule has 0 bridgehead atoms. The number of benzene rings is 7. The van der Waals surface area contributed by atoms with Gasteiger partial charge in [0.15, 0.2) is 17.5 Å². The summed E-state index contributed by atoms with van der Waals surface area (Å²) in [5, 5.41) is 6.73. The number of rotatable bonds is 4. The third-order valence-electron chi connectivity index (χ3n) is 8.51. The molecule has 4 heteroatoms. The lowest BCUT2D eigenvalue weighted by molar-refractivity contribution is 0.673. The fraction of sp³-hybridized carbons (Fsp3) is 0. The van der Waals surface area contributed by atoms with E-state index in [0.717, 1.165) is 60.5 Å². The second-order valence-corrected chi connectivity index (χ2v) is 11.2. The van der Waals surface area contributed by atoms with E-state index < -0.39 is 0 Å². The van der Waals surface area contributed by atoms with E-state index in [9.17, 15) is 0 Å². The van der Waals surface area contributed by atoms with Gasteiger partial charge in [-0.15, -0.1) is 0 Å². The maximum absolute atomic E-state index is 6.83. The first-order chi connectivity index (χ1) is 22.3. The minimum Gasteiger partial charge on any atom is -0.455 e. The Bertz CT molecular complexity index is 2540. The van der Waals surface area contributed by atoms with Gasteiger partial charge in [-0.2, -0.15) is 0 Å². The van der Waals surface area contributed by atoms with Crippen molar-refractivity contribution < 1.29 is 4.42 Å². The molecule has 4 nitrogen and oxygen atoms in total. The lowest BCUT2D eigenvalue weighted by atomic mass is 9.99. The second-order valence-electron chi connectivity index (χ2n) is 11.2. The number of aromatic nitrogens is 3. The highest BCUT2D eigenvalue weighted by Crippen LogP contribution is 2.40. The quantitative estimate of drug-likeness (QED) is 0.196. The first-order valence-corrected chi connectivity index (χ1v) is 15.0. The zero-order valence-electron chi connectivity index (χ0n) is 24.2. The molecule has 0 aliphatic carbocycles. The molecule has 2 aromatic heterocycles. The fourth-order valence-corrected chi connectivity index (χ4v) is 6.33. The smallest absolute Gasteiger partial charge is 0.167 e. The topological polar surface area (TPSA) is 51.8 Å². The molecule has 0 fully saturated rings. The summed E-state index contributed by atoms with van der Waals surface area (Å²) >= 11 is 0. The number of hydrogen-bond donors (Lipinski definition) is 0. The molecular formula is C41H25N3O. The van der Waals surface area contributed by atoms with Crippen LogP contribution in [0.4, 0.5) is 0 Å². The Morgan fingerprint density at radius 2 is 0.933 bits per heavy atom. The predicted molar refractivity (Wildman–Crippen MR) is 184 cm³/mol. The molecule has 0 saturated carbocycles. The first kappa shape index (κ1) is 25.4. The van der Waals surface area contributed by atoms with E-state index in [2.05, 4.69) is 109 Å². The van der Waals surface area contributed by atoms with Gasteiger partial charge >= 0.3 is 0 Å². The summed E-state index contributed by atoms with van der Waals surface area (Å²) in [5.41, 5.74) is 6.57. The van der Waals surface area contributed by atoms with Crippen LogP contribution >= 0.6 is 0 Å². The maximum Gasteiger partial charge on any atom is 0.167 e. The molecule has 0 unspecified atom stereocenters. The van der Waals surface area contributed by atoms with Crippen LogP contribution in [0.1, 0.15) is 0 Å². The average molecular weight is 576 g/mol. The molecule has 0 amide bonds. The van der Waals surface area contributed by atoms with E-state index in [4.69, 9.17) is 19.4 Å². The summed E-state index contributed by atoms with van der Waals surface area (Å²) in [6, 6.07) is 52.1. The molecule has 9 aromatic rings. The van der Waals surface area contributed by atoms with Crippen molar-refractivity contribution in [2.75, 3.05) is 0 Å². The van der Waals surface area contributed by atoms with Crippen LogP contribution in [0.2, 0.25) is 0 Å². The van der Waals surface area contributed by atoms with Crippen LogP contribution in [0, 0.1) is 0 Å². The third kappa shape index (κ3) is 4.27. The van der Waals surface area contributed by atoms with Crippen LogP contribution in [-0.4, -0.2) is 15.0 Å². The van der Waals surface area contributed by atoms with Crippen LogP contribution in [0.5, 0.6) is 0 Å². The first-order valence-electron chi connectivity index (χ1n) is 15.0. The molecule has 0 aliphatic rings. The molecule has 210 valence electrons.